The van der Waals surface area contributed by atoms with Crippen LogP contribution in [0.3, 0.4) is 0 Å². The summed E-state index contributed by atoms with van der Waals surface area (Å²) < 4.78 is 7.55. The molecule has 2 heterocycles. The van der Waals surface area contributed by atoms with Crippen molar-refractivity contribution in [1.82, 2.24) is 20.0 Å². The van der Waals surface area contributed by atoms with Crippen molar-refractivity contribution in [3.63, 3.8) is 0 Å². The number of rotatable bonds is 6. The topological polar surface area (TPSA) is 90.0 Å². The summed E-state index contributed by atoms with van der Waals surface area (Å²) in [6.45, 7) is 0.293. The lowest BCUT2D eigenvalue weighted by atomic mass is 10.2. The van der Waals surface area contributed by atoms with E-state index in [1.54, 1.807) is 18.3 Å². The van der Waals surface area contributed by atoms with E-state index >= 15 is 0 Å². The molecule has 4 aromatic rings. The SMILES string of the molecule is O=C(Cn1cccc(-c2nc(-c3ccc(Br)cc3)no2)c1=O)NCc1ccccc1. The first-order chi connectivity index (χ1) is 14.6. The van der Waals surface area contributed by atoms with Gasteiger partial charge in [-0.25, -0.2) is 0 Å². The van der Waals surface area contributed by atoms with Crippen molar-refractivity contribution in [3.05, 3.63) is 93.3 Å². The lowest BCUT2D eigenvalue weighted by Gasteiger charge is -2.08. The number of aromatic nitrogens is 3. The molecule has 30 heavy (non-hydrogen) atoms. The third kappa shape index (κ3) is 4.55. The Bertz CT molecular complexity index is 1220. The number of benzene rings is 2. The number of pyridine rings is 1. The minimum atomic E-state index is -0.377. The highest BCUT2D eigenvalue weighted by Gasteiger charge is 2.16. The normalized spacial score (nSPS) is 10.7. The third-order valence-corrected chi connectivity index (χ3v) is 4.95. The number of amides is 1. The number of carbonyl (C=O) groups is 1. The van der Waals surface area contributed by atoms with Gasteiger partial charge in [-0.2, -0.15) is 4.98 Å². The molecule has 0 saturated heterocycles. The van der Waals surface area contributed by atoms with Crippen LogP contribution in [0.4, 0.5) is 0 Å². The first-order valence-electron chi connectivity index (χ1n) is 9.20. The van der Waals surface area contributed by atoms with Crippen molar-refractivity contribution in [2.24, 2.45) is 0 Å². The number of nitrogens with one attached hydrogen (secondary N) is 1. The molecular formula is C22H17BrN4O3. The Morgan fingerprint density at radius 1 is 1.03 bits per heavy atom. The number of hydrogen-bond donors (Lipinski definition) is 1. The monoisotopic (exact) mass is 464 g/mol. The summed E-state index contributed by atoms with van der Waals surface area (Å²) in [5.74, 6) is 0.226. The van der Waals surface area contributed by atoms with Gasteiger partial charge >= 0.3 is 0 Å². The molecule has 1 N–H and O–H groups in total. The van der Waals surface area contributed by atoms with Crippen LogP contribution in [0.15, 0.2) is 86.7 Å². The molecular weight excluding hydrogens is 448 g/mol. The smallest absolute Gasteiger partial charge is 0.263 e. The average molecular weight is 465 g/mol. The molecule has 8 heteroatoms. The minimum Gasteiger partial charge on any atom is -0.350 e. The van der Waals surface area contributed by atoms with Crippen LogP contribution in [-0.4, -0.2) is 20.6 Å². The minimum absolute atomic E-state index is 0.104. The van der Waals surface area contributed by atoms with E-state index in [4.69, 9.17) is 4.52 Å². The van der Waals surface area contributed by atoms with Crippen molar-refractivity contribution in [1.29, 1.82) is 0 Å². The zero-order valence-corrected chi connectivity index (χ0v) is 17.4. The van der Waals surface area contributed by atoms with Gasteiger partial charge in [-0.1, -0.05) is 51.4 Å². The lowest BCUT2D eigenvalue weighted by Crippen LogP contribution is -2.32. The van der Waals surface area contributed by atoms with Crippen molar-refractivity contribution < 1.29 is 9.32 Å². The van der Waals surface area contributed by atoms with Gasteiger partial charge in [0, 0.05) is 22.8 Å². The highest BCUT2D eigenvalue weighted by atomic mass is 79.9. The molecule has 0 saturated carbocycles. The van der Waals surface area contributed by atoms with Gasteiger partial charge < -0.3 is 14.4 Å². The van der Waals surface area contributed by atoms with E-state index in [1.165, 1.54) is 4.57 Å². The Morgan fingerprint density at radius 2 is 1.80 bits per heavy atom. The highest BCUT2D eigenvalue weighted by molar-refractivity contribution is 9.10. The lowest BCUT2D eigenvalue weighted by molar-refractivity contribution is -0.121. The second-order valence-corrected chi connectivity index (χ2v) is 7.46. The predicted molar refractivity (Wildman–Crippen MR) is 115 cm³/mol. The Hall–Kier alpha value is -3.52. The summed E-state index contributed by atoms with van der Waals surface area (Å²) in [5.41, 5.74) is 1.62. The van der Waals surface area contributed by atoms with E-state index < -0.39 is 0 Å². The van der Waals surface area contributed by atoms with Crippen LogP contribution in [0.5, 0.6) is 0 Å². The predicted octanol–water partition coefficient (Wildman–Crippen LogP) is 3.64. The van der Waals surface area contributed by atoms with Crippen LogP contribution in [0.25, 0.3) is 22.8 Å². The molecule has 4 rings (SSSR count). The molecule has 2 aromatic carbocycles. The van der Waals surface area contributed by atoms with Crippen LogP contribution in [0, 0.1) is 0 Å². The fraction of sp³-hybridized carbons (Fsp3) is 0.0909. The van der Waals surface area contributed by atoms with Gasteiger partial charge in [-0.3, -0.25) is 9.59 Å². The molecule has 150 valence electrons. The Labute approximate surface area is 180 Å². The third-order valence-electron chi connectivity index (χ3n) is 4.43. The summed E-state index contributed by atoms with van der Waals surface area (Å²) in [7, 11) is 0. The zero-order valence-electron chi connectivity index (χ0n) is 15.8. The molecule has 0 fully saturated rings. The summed E-state index contributed by atoms with van der Waals surface area (Å²) in [6, 6.07) is 20.3. The van der Waals surface area contributed by atoms with Crippen LogP contribution in [-0.2, 0) is 17.9 Å². The fourth-order valence-corrected chi connectivity index (χ4v) is 3.14. The molecule has 2 aromatic heterocycles. The van der Waals surface area contributed by atoms with E-state index in [0.29, 0.717) is 12.4 Å². The number of hydrogen-bond acceptors (Lipinski definition) is 5. The van der Waals surface area contributed by atoms with Crippen LogP contribution in [0.2, 0.25) is 0 Å². The molecule has 0 spiro atoms. The van der Waals surface area contributed by atoms with E-state index in [1.807, 2.05) is 54.6 Å². The van der Waals surface area contributed by atoms with Crippen molar-refractivity contribution in [3.8, 4) is 22.8 Å². The second-order valence-electron chi connectivity index (χ2n) is 6.55. The molecule has 0 atom stereocenters. The van der Waals surface area contributed by atoms with E-state index in [0.717, 1.165) is 15.6 Å². The molecule has 0 bridgehead atoms. The maximum absolute atomic E-state index is 12.8. The molecule has 0 radical (unpaired) electrons. The van der Waals surface area contributed by atoms with E-state index in [2.05, 4.69) is 31.4 Å². The van der Waals surface area contributed by atoms with Gasteiger partial charge in [0.2, 0.25) is 11.7 Å². The second kappa shape index (κ2) is 8.87. The van der Waals surface area contributed by atoms with E-state index in [9.17, 15) is 9.59 Å². The average Bonchev–Trinajstić information content (AvgIpc) is 3.25. The fourth-order valence-electron chi connectivity index (χ4n) is 2.88. The summed E-state index contributed by atoms with van der Waals surface area (Å²) in [5, 5.41) is 6.77. The van der Waals surface area contributed by atoms with Gasteiger partial charge in [0.25, 0.3) is 11.4 Å². The number of halogens is 1. The first kappa shape index (κ1) is 19.8. The molecule has 1 amide bonds. The number of nitrogens with zero attached hydrogens (tertiary/aromatic N) is 3. The maximum Gasteiger partial charge on any atom is 0.263 e. The molecule has 0 aliphatic heterocycles. The quantitative estimate of drug-likeness (QED) is 0.470. The van der Waals surface area contributed by atoms with Crippen LogP contribution >= 0.6 is 15.9 Å². The van der Waals surface area contributed by atoms with Crippen molar-refractivity contribution in [2.45, 2.75) is 13.1 Å². The Morgan fingerprint density at radius 3 is 2.57 bits per heavy atom. The van der Waals surface area contributed by atoms with Gasteiger partial charge in [-0.05, 0) is 42.0 Å². The summed E-state index contributed by atoms with van der Waals surface area (Å²) >= 11 is 3.38. The molecule has 7 nitrogen and oxygen atoms in total. The van der Waals surface area contributed by atoms with Gasteiger partial charge in [0.05, 0.1) is 0 Å². The zero-order chi connectivity index (χ0) is 20.9. The Balaban J connectivity index is 1.50. The maximum atomic E-state index is 12.8. The van der Waals surface area contributed by atoms with Crippen LogP contribution < -0.4 is 10.9 Å². The highest BCUT2D eigenvalue weighted by Crippen LogP contribution is 2.21. The molecule has 0 aliphatic carbocycles. The van der Waals surface area contributed by atoms with E-state index in [-0.39, 0.29) is 29.5 Å². The van der Waals surface area contributed by atoms with Gasteiger partial charge in [0.15, 0.2) is 0 Å². The number of carbonyl (C=O) groups excluding carboxylic acids is 1. The van der Waals surface area contributed by atoms with Crippen LogP contribution in [0.1, 0.15) is 5.56 Å². The van der Waals surface area contributed by atoms with Crippen molar-refractivity contribution in [2.75, 3.05) is 0 Å². The van der Waals surface area contributed by atoms with Crippen molar-refractivity contribution >= 4 is 21.8 Å². The summed E-state index contributed by atoms with van der Waals surface area (Å²) in [6.07, 6.45) is 1.56. The first-order valence-corrected chi connectivity index (χ1v) is 9.99. The summed E-state index contributed by atoms with van der Waals surface area (Å²) in [4.78, 5) is 29.4. The Kier molecular flexibility index (Phi) is 5.85. The van der Waals surface area contributed by atoms with Gasteiger partial charge in [-0.15, -0.1) is 0 Å². The largest absolute Gasteiger partial charge is 0.350 e. The molecule has 0 aliphatic rings. The standard InChI is InChI=1S/C22H17BrN4O3/c23-17-10-8-16(9-11-17)20-25-21(30-26-20)18-7-4-12-27(22(18)29)14-19(28)24-13-15-5-2-1-3-6-15/h1-12H,13-14H2,(H,24,28). The molecule has 0 unspecified atom stereocenters. The van der Waals surface area contributed by atoms with Gasteiger partial charge in [0.1, 0.15) is 12.1 Å².